The SMILES string of the molecule is O=C(O)CC(NC(=O)C(NC(=O)OCc1ccccc1)C1CCCC1)C(=O)C(=O)CF. The fourth-order valence-electron chi connectivity index (χ4n) is 3.49. The van der Waals surface area contributed by atoms with Gasteiger partial charge in [-0.05, 0) is 24.3 Å². The highest BCUT2D eigenvalue weighted by atomic mass is 19.1. The quantitative estimate of drug-likeness (QED) is 0.447. The number of ketones is 2. The van der Waals surface area contributed by atoms with Crippen molar-refractivity contribution >= 4 is 29.5 Å². The summed E-state index contributed by atoms with van der Waals surface area (Å²) in [7, 11) is 0. The van der Waals surface area contributed by atoms with Gasteiger partial charge < -0.3 is 20.5 Å². The molecule has 0 bridgehead atoms. The Kier molecular flexibility index (Phi) is 9.11. The minimum atomic E-state index is -1.72. The lowest BCUT2D eigenvalue weighted by atomic mass is 9.96. The van der Waals surface area contributed by atoms with Crippen molar-refractivity contribution in [3.05, 3.63) is 35.9 Å². The Morgan fingerprint density at radius 1 is 1.06 bits per heavy atom. The number of alkyl carbamates (subject to hydrolysis) is 1. The van der Waals surface area contributed by atoms with Gasteiger partial charge in [-0.1, -0.05) is 43.2 Å². The molecule has 1 saturated carbocycles. The van der Waals surface area contributed by atoms with E-state index in [1.54, 1.807) is 24.3 Å². The molecule has 1 aliphatic rings. The monoisotopic (exact) mass is 436 g/mol. The molecule has 0 radical (unpaired) electrons. The third-order valence-electron chi connectivity index (χ3n) is 5.05. The molecule has 0 spiro atoms. The Hall–Kier alpha value is -3.30. The van der Waals surface area contributed by atoms with Gasteiger partial charge in [0.2, 0.25) is 17.5 Å². The molecule has 2 atom stereocenters. The van der Waals surface area contributed by atoms with Crippen LogP contribution in [0, 0.1) is 5.92 Å². The zero-order valence-electron chi connectivity index (χ0n) is 16.8. The van der Waals surface area contributed by atoms with Gasteiger partial charge >= 0.3 is 12.1 Å². The third-order valence-corrected chi connectivity index (χ3v) is 5.05. The lowest BCUT2D eigenvalue weighted by Crippen LogP contribution is -2.55. The number of carbonyl (C=O) groups excluding carboxylic acids is 4. The zero-order valence-corrected chi connectivity index (χ0v) is 16.8. The maximum Gasteiger partial charge on any atom is 0.408 e. The molecule has 10 heteroatoms. The van der Waals surface area contributed by atoms with E-state index in [4.69, 9.17) is 9.84 Å². The van der Waals surface area contributed by atoms with Gasteiger partial charge in [0.05, 0.1) is 6.42 Å². The predicted octanol–water partition coefficient (Wildman–Crippen LogP) is 1.54. The molecule has 168 valence electrons. The van der Waals surface area contributed by atoms with E-state index in [2.05, 4.69) is 10.6 Å². The number of carbonyl (C=O) groups is 5. The summed E-state index contributed by atoms with van der Waals surface area (Å²) in [6, 6.07) is 6.09. The summed E-state index contributed by atoms with van der Waals surface area (Å²) in [5.41, 5.74) is 0.747. The summed E-state index contributed by atoms with van der Waals surface area (Å²) in [5.74, 6) is -5.29. The van der Waals surface area contributed by atoms with E-state index in [1.807, 2.05) is 6.07 Å². The van der Waals surface area contributed by atoms with Gasteiger partial charge in [-0.15, -0.1) is 0 Å². The summed E-state index contributed by atoms with van der Waals surface area (Å²) in [4.78, 5) is 59.5. The van der Waals surface area contributed by atoms with Crippen molar-refractivity contribution in [3.63, 3.8) is 0 Å². The topological polar surface area (TPSA) is 139 Å². The van der Waals surface area contributed by atoms with Gasteiger partial charge in [0, 0.05) is 0 Å². The second-order valence-electron chi connectivity index (χ2n) is 7.31. The molecule has 2 rings (SSSR count). The van der Waals surface area contributed by atoms with Crippen LogP contribution in [0.1, 0.15) is 37.7 Å². The van der Waals surface area contributed by atoms with Crippen molar-refractivity contribution in [1.82, 2.24) is 10.6 Å². The second kappa shape index (κ2) is 11.8. The number of halogens is 1. The largest absolute Gasteiger partial charge is 0.481 e. The number of hydrogen-bond donors (Lipinski definition) is 3. The molecule has 0 saturated heterocycles. The molecule has 1 aromatic rings. The van der Waals surface area contributed by atoms with E-state index >= 15 is 0 Å². The number of benzene rings is 1. The fraction of sp³-hybridized carbons (Fsp3) is 0.476. The molecular formula is C21H25FN2O7. The smallest absolute Gasteiger partial charge is 0.408 e. The van der Waals surface area contributed by atoms with Gasteiger partial charge in [-0.25, -0.2) is 9.18 Å². The number of hydrogen-bond acceptors (Lipinski definition) is 6. The molecule has 0 heterocycles. The van der Waals surface area contributed by atoms with Crippen LogP contribution in [-0.4, -0.2) is 53.4 Å². The van der Waals surface area contributed by atoms with Crippen LogP contribution in [0.4, 0.5) is 9.18 Å². The highest BCUT2D eigenvalue weighted by Gasteiger charge is 2.36. The van der Waals surface area contributed by atoms with Crippen molar-refractivity contribution in [2.24, 2.45) is 5.92 Å². The third kappa shape index (κ3) is 7.47. The summed E-state index contributed by atoms with van der Waals surface area (Å²) in [6.07, 6.45) is 1.22. The number of aliphatic carboxylic acids is 1. The first-order valence-corrected chi connectivity index (χ1v) is 9.94. The maximum atomic E-state index is 12.8. The summed E-state index contributed by atoms with van der Waals surface area (Å²) in [5, 5.41) is 13.6. The Labute approximate surface area is 178 Å². The number of carboxylic acid groups (broad SMARTS) is 1. The molecule has 31 heavy (non-hydrogen) atoms. The summed E-state index contributed by atoms with van der Waals surface area (Å²) in [6.45, 7) is -1.61. The summed E-state index contributed by atoms with van der Waals surface area (Å²) >= 11 is 0. The standard InChI is InChI=1S/C21H25FN2O7/c22-11-16(25)19(28)15(10-17(26)27)23-20(29)18(14-8-4-5-9-14)24-21(30)31-12-13-6-2-1-3-7-13/h1-3,6-7,14-15,18H,4-5,8-12H2,(H,23,29)(H,24,30)(H,26,27). The highest BCUT2D eigenvalue weighted by molar-refractivity contribution is 6.40. The molecule has 1 aliphatic carbocycles. The molecular weight excluding hydrogens is 411 g/mol. The van der Waals surface area contributed by atoms with Crippen molar-refractivity contribution in [1.29, 1.82) is 0 Å². The van der Waals surface area contributed by atoms with Gasteiger partial charge in [-0.3, -0.25) is 19.2 Å². The van der Waals surface area contributed by atoms with Crippen LogP contribution in [0.15, 0.2) is 30.3 Å². The van der Waals surface area contributed by atoms with Crippen molar-refractivity contribution < 1.29 is 38.2 Å². The minimum absolute atomic E-state index is 0.0171. The van der Waals surface area contributed by atoms with Crippen LogP contribution in [-0.2, 0) is 30.5 Å². The van der Waals surface area contributed by atoms with Crippen LogP contribution >= 0.6 is 0 Å². The van der Waals surface area contributed by atoms with Gasteiger partial charge in [-0.2, -0.15) is 0 Å². The predicted molar refractivity (Wildman–Crippen MR) is 106 cm³/mol. The number of carboxylic acids is 1. The molecule has 0 aliphatic heterocycles. The van der Waals surface area contributed by atoms with E-state index in [0.717, 1.165) is 18.4 Å². The van der Waals surface area contributed by atoms with Crippen molar-refractivity contribution in [2.45, 2.75) is 50.8 Å². The van der Waals surface area contributed by atoms with E-state index in [0.29, 0.717) is 12.8 Å². The first kappa shape index (κ1) is 24.0. The Bertz CT molecular complexity index is 809. The van der Waals surface area contributed by atoms with Crippen LogP contribution < -0.4 is 10.6 Å². The Morgan fingerprint density at radius 2 is 1.71 bits per heavy atom. The first-order chi connectivity index (χ1) is 14.8. The molecule has 9 nitrogen and oxygen atoms in total. The van der Waals surface area contributed by atoms with Crippen LogP contribution in [0.25, 0.3) is 0 Å². The average Bonchev–Trinajstić information content (AvgIpc) is 3.29. The molecule has 3 N–H and O–H groups in total. The number of rotatable bonds is 11. The normalized spacial score (nSPS) is 15.5. The first-order valence-electron chi connectivity index (χ1n) is 9.94. The number of ether oxygens (including phenoxy) is 1. The van der Waals surface area contributed by atoms with Gasteiger partial charge in [0.25, 0.3) is 0 Å². The maximum absolute atomic E-state index is 12.8. The lowest BCUT2D eigenvalue weighted by Gasteiger charge is -2.25. The lowest BCUT2D eigenvalue weighted by molar-refractivity contribution is -0.143. The van der Waals surface area contributed by atoms with E-state index < -0.39 is 54.7 Å². The average molecular weight is 436 g/mol. The van der Waals surface area contributed by atoms with Crippen LogP contribution in [0.2, 0.25) is 0 Å². The van der Waals surface area contributed by atoms with Crippen molar-refractivity contribution in [2.75, 3.05) is 6.67 Å². The van der Waals surface area contributed by atoms with Gasteiger partial charge in [0.15, 0.2) is 6.67 Å². The van der Waals surface area contributed by atoms with Crippen LogP contribution in [0.5, 0.6) is 0 Å². The Balaban J connectivity index is 2.07. The number of Topliss-reactive ketones (excluding diaryl/α,β-unsaturated/α-hetero) is 2. The highest BCUT2D eigenvalue weighted by Crippen LogP contribution is 2.28. The number of alkyl halides is 1. The molecule has 2 unspecified atom stereocenters. The van der Waals surface area contributed by atoms with Crippen LogP contribution in [0.3, 0.4) is 0 Å². The fourth-order valence-corrected chi connectivity index (χ4v) is 3.49. The molecule has 0 aromatic heterocycles. The van der Waals surface area contributed by atoms with E-state index in [-0.39, 0.29) is 12.5 Å². The molecule has 1 aromatic carbocycles. The zero-order chi connectivity index (χ0) is 22.8. The number of amides is 2. The Morgan fingerprint density at radius 3 is 2.29 bits per heavy atom. The van der Waals surface area contributed by atoms with E-state index in [9.17, 15) is 28.4 Å². The molecule has 1 fully saturated rings. The minimum Gasteiger partial charge on any atom is -0.481 e. The van der Waals surface area contributed by atoms with Gasteiger partial charge in [0.1, 0.15) is 18.7 Å². The molecule has 2 amide bonds. The van der Waals surface area contributed by atoms with Crippen molar-refractivity contribution in [3.8, 4) is 0 Å². The second-order valence-corrected chi connectivity index (χ2v) is 7.31. The summed E-state index contributed by atoms with van der Waals surface area (Å²) < 4.78 is 17.7. The number of nitrogens with one attached hydrogen (secondary N) is 2. The van der Waals surface area contributed by atoms with E-state index in [1.165, 1.54) is 0 Å².